The maximum atomic E-state index is 11.5. The van der Waals surface area contributed by atoms with E-state index in [0.29, 0.717) is 13.2 Å². The third kappa shape index (κ3) is 2.72. The Labute approximate surface area is 141 Å². The number of carbonyl (C=O) groups excluding carboxylic acids is 1. The van der Waals surface area contributed by atoms with Crippen molar-refractivity contribution in [1.82, 2.24) is 9.88 Å². The topological polar surface area (TPSA) is 54.9 Å². The minimum Gasteiger partial charge on any atom is -0.490 e. The Balaban J connectivity index is 1.68. The fourth-order valence-electron chi connectivity index (χ4n) is 3.30. The highest BCUT2D eigenvalue weighted by molar-refractivity contribution is 5.94. The van der Waals surface area contributed by atoms with Gasteiger partial charge in [-0.2, -0.15) is 0 Å². The molecule has 2 aromatic rings. The first kappa shape index (κ1) is 15.1. The lowest BCUT2D eigenvalue weighted by Gasteiger charge is -2.35. The van der Waals surface area contributed by atoms with Crippen LogP contribution in [0.2, 0.25) is 0 Å². The highest BCUT2D eigenvalue weighted by atomic mass is 16.5. The molecule has 0 radical (unpaired) electrons. The van der Waals surface area contributed by atoms with Crippen LogP contribution in [0.4, 0.5) is 5.82 Å². The standard InChI is InChI=1S/C18H21N3O3/c1-13(22)20-5-7-21(8-6-20)18-15-12-17-16(23-9-2-10-24-17)11-14(15)3-4-19-18/h3-4,11-12H,2,5-10H2,1H3. The summed E-state index contributed by atoms with van der Waals surface area (Å²) in [6.45, 7) is 6.03. The van der Waals surface area contributed by atoms with Gasteiger partial charge in [0.2, 0.25) is 5.91 Å². The van der Waals surface area contributed by atoms with Gasteiger partial charge in [-0.3, -0.25) is 4.79 Å². The van der Waals surface area contributed by atoms with Gasteiger partial charge in [0, 0.05) is 51.1 Å². The Morgan fingerprint density at radius 2 is 1.79 bits per heavy atom. The Hall–Kier alpha value is -2.50. The zero-order valence-electron chi connectivity index (χ0n) is 13.8. The van der Waals surface area contributed by atoms with Crippen molar-refractivity contribution in [2.45, 2.75) is 13.3 Å². The number of hydrogen-bond acceptors (Lipinski definition) is 5. The first-order chi connectivity index (χ1) is 11.7. The predicted octanol–water partition coefficient (Wildman–Crippen LogP) is 2.06. The van der Waals surface area contributed by atoms with Crippen molar-refractivity contribution < 1.29 is 14.3 Å². The molecule has 4 rings (SSSR count). The Morgan fingerprint density at radius 1 is 1.08 bits per heavy atom. The second-order valence-electron chi connectivity index (χ2n) is 6.20. The lowest BCUT2D eigenvalue weighted by molar-refractivity contribution is -0.129. The summed E-state index contributed by atoms with van der Waals surface area (Å²) in [5, 5.41) is 2.16. The smallest absolute Gasteiger partial charge is 0.219 e. The quantitative estimate of drug-likeness (QED) is 0.802. The van der Waals surface area contributed by atoms with Gasteiger partial charge in [-0.05, 0) is 23.6 Å². The van der Waals surface area contributed by atoms with E-state index >= 15 is 0 Å². The molecular weight excluding hydrogens is 306 g/mol. The van der Waals surface area contributed by atoms with Crippen molar-refractivity contribution in [2.24, 2.45) is 0 Å². The number of pyridine rings is 1. The third-order valence-electron chi connectivity index (χ3n) is 4.64. The molecule has 1 aromatic heterocycles. The number of rotatable bonds is 1. The number of benzene rings is 1. The average molecular weight is 327 g/mol. The van der Waals surface area contributed by atoms with Crippen molar-refractivity contribution in [1.29, 1.82) is 0 Å². The third-order valence-corrected chi connectivity index (χ3v) is 4.64. The lowest BCUT2D eigenvalue weighted by atomic mass is 10.1. The average Bonchev–Trinajstić information content (AvgIpc) is 2.84. The van der Waals surface area contributed by atoms with E-state index in [9.17, 15) is 4.79 Å². The number of amides is 1. The van der Waals surface area contributed by atoms with E-state index in [2.05, 4.69) is 9.88 Å². The van der Waals surface area contributed by atoms with Crippen LogP contribution >= 0.6 is 0 Å². The Kier molecular flexibility index (Phi) is 3.88. The number of hydrogen-bond donors (Lipinski definition) is 0. The summed E-state index contributed by atoms with van der Waals surface area (Å²) >= 11 is 0. The second-order valence-corrected chi connectivity index (χ2v) is 6.20. The van der Waals surface area contributed by atoms with Crippen LogP contribution in [0.25, 0.3) is 10.8 Å². The number of anilines is 1. The van der Waals surface area contributed by atoms with Crippen molar-refractivity contribution in [2.75, 3.05) is 44.3 Å². The molecule has 1 amide bonds. The molecule has 3 heterocycles. The number of aromatic nitrogens is 1. The molecule has 0 N–H and O–H groups in total. The SMILES string of the molecule is CC(=O)N1CCN(c2nccc3cc4c(cc23)OCCCO4)CC1. The normalized spacial score (nSPS) is 17.7. The fraction of sp³-hybridized carbons (Fsp3) is 0.444. The maximum Gasteiger partial charge on any atom is 0.219 e. The van der Waals surface area contributed by atoms with Crippen LogP contribution in [0.15, 0.2) is 24.4 Å². The summed E-state index contributed by atoms with van der Waals surface area (Å²) in [5.41, 5.74) is 0. The van der Waals surface area contributed by atoms with Crippen LogP contribution in [-0.2, 0) is 4.79 Å². The Morgan fingerprint density at radius 3 is 2.50 bits per heavy atom. The van der Waals surface area contributed by atoms with Crippen LogP contribution in [-0.4, -0.2) is 55.2 Å². The second kappa shape index (κ2) is 6.19. The number of nitrogens with zero attached hydrogens (tertiary/aromatic N) is 3. The van der Waals surface area contributed by atoms with E-state index < -0.39 is 0 Å². The molecule has 126 valence electrons. The van der Waals surface area contributed by atoms with Gasteiger partial charge in [-0.25, -0.2) is 4.98 Å². The summed E-state index contributed by atoms with van der Waals surface area (Å²) in [4.78, 5) is 20.2. The van der Waals surface area contributed by atoms with Crippen molar-refractivity contribution in [3.63, 3.8) is 0 Å². The summed E-state index contributed by atoms with van der Waals surface area (Å²) < 4.78 is 11.6. The van der Waals surface area contributed by atoms with Gasteiger partial charge in [0.25, 0.3) is 0 Å². The largest absolute Gasteiger partial charge is 0.490 e. The van der Waals surface area contributed by atoms with Gasteiger partial charge in [-0.15, -0.1) is 0 Å². The summed E-state index contributed by atoms with van der Waals surface area (Å²) in [6.07, 6.45) is 2.72. The van der Waals surface area contributed by atoms with Crippen LogP contribution in [0.1, 0.15) is 13.3 Å². The van der Waals surface area contributed by atoms with Gasteiger partial charge in [0.15, 0.2) is 11.5 Å². The molecule has 1 fully saturated rings. The van der Waals surface area contributed by atoms with E-state index in [4.69, 9.17) is 9.47 Å². The van der Waals surface area contributed by atoms with Crippen molar-refractivity contribution >= 4 is 22.5 Å². The Bertz CT molecular complexity index is 769. The van der Waals surface area contributed by atoms with E-state index in [1.54, 1.807) is 6.92 Å². The molecule has 0 atom stereocenters. The molecule has 6 heteroatoms. The van der Waals surface area contributed by atoms with Crippen molar-refractivity contribution in [3.8, 4) is 11.5 Å². The van der Waals surface area contributed by atoms with E-state index in [-0.39, 0.29) is 5.91 Å². The van der Waals surface area contributed by atoms with Crippen LogP contribution in [0, 0.1) is 0 Å². The summed E-state index contributed by atoms with van der Waals surface area (Å²) in [6, 6.07) is 6.07. The number of piperazine rings is 1. The molecule has 24 heavy (non-hydrogen) atoms. The van der Waals surface area contributed by atoms with E-state index in [0.717, 1.165) is 60.7 Å². The van der Waals surface area contributed by atoms with Gasteiger partial charge < -0.3 is 19.3 Å². The van der Waals surface area contributed by atoms with Crippen LogP contribution in [0.3, 0.4) is 0 Å². The molecule has 0 saturated carbocycles. The van der Waals surface area contributed by atoms with Crippen LogP contribution < -0.4 is 14.4 Å². The molecule has 1 aromatic carbocycles. The highest BCUT2D eigenvalue weighted by Gasteiger charge is 2.22. The zero-order chi connectivity index (χ0) is 16.5. The first-order valence-electron chi connectivity index (χ1n) is 8.41. The molecule has 0 unspecified atom stereocenters. The molecule has 2 aliphatic rings. The summed E-state index contributed by atoms with van der Waals surface area (Å²) in [5.74, 6) is 2.68. The summed E-state index contributed by atoms with van der Waals surface area (Å²) in [7, 11) is 0. The first-order valence-corrected chi connectivity index (χ1v) is 8.41. The number of ether oxygens (including phenoxy) is 2. The van der Waals surface area contributed by atoms with Crippen LogP contribution in [0.5, 0.6) is 11.5 Å². The minimum absolute atomic E-state index is 0.136. The van der Waals surface area contributed by atoms with Gasteiger partial charge in [0.1, 0.15) is 5.82 Å². The van der Waals surface area contributed by atoms with Gasteiger partial charge >= 0.3 is 0 Å². The maximum absolute atomic E-state index is 11.5. The van der Waals surface area contributed by atoms with Gasteiger partial charge in [0.05, 0.1) is 13.2 Å². The molecule has 0 bridgehead atoms. The molecule has 6 nitrogen and oxygen atoms in total. The number of fused-ring (bicyclic) bond motifs is 2. The molecular formula is C18H21N3O3. The zero-order valence-corrected chi connectivity index (χ0v) is 13.8. The fourth-order valence-corrected chi connectivity index (χ4v) is 3.30. The minimum atomic E-state index is 0.136. The molecule has 1 saturated heterocycles. The van der Waals surface area contributed by atoms with Gasteiger partial charge in [-0.1, -0.05) is 0 Å². The molecule has 0 spiro atoms. The van der Waals surface area contributed by atoms with E-state index in [1.807, 2.05) is 29.3 Å². The monoisotopic (exact) mass is 327 g/mol. The predicted molar refractivity (Wildman–Crippen MR) is 91.8 cm³/mol. The lowest BCUT2D eigenvalue weighted by Crippen LogP contribution is -2.48. The van der Waals surface area contributed by atoms with Crippen molar-refractivity contribution in [3.05, 3.63) is 24.4 Å². The molecule has 0 aliphatic carbocycles. The highest BCUT2D eigenvalue weighted by Crippen LogP contribution is 2.37. The number of carbonyl (C=O) groups is 1. The van der Waals surface area contributed by atoms with E-state index in [1.165, 1.54) is 0 Å². The molecule has 2 aliphatic heterocycles.